The number of methoxy groups -OCH3 is 1. The van der Waals surface area contributed by atoms with E-state index >= 15 is 0 Å². The number of benzene rings is 2. The van der Waals surface area contributed by atoms with Crippen molar-refractivity contribution in [2.75, 3.05) is 12.4 Å². The van der Waals surface area contributed by atoms with Gasteiger partial charge in [-0.05, 0) is 24.6 Å². The van der Waals surface area contributed by atoms with Crippen LogP contribution in [0.25, 0.3) is 0 Å². The van der Waals surface area contributed by atoms with Gasteiger partial charge < -0.3 is 21.1 Å². The first-order chi connectivity index (χ1) is 16.1. The van der Waals surface area contributed by atoms with E-state index in [0.29, 0.717) is 28.3 Å². The third-order valence-corrected chi connectivity index (χ3v) is 5.17. The Morgan fingerprint density at radius 3 is 2.53 bits per heavy atom. The number of amides is 3. The topological polar surface area (TPSA) is 123 Å². The van der Waals surface area contributed by atoms with E-state index in [1.54, 1.807) is 48.5 Å². The van der Waals surface area contributed by atoms with Gasteiger partial charge in [-0.2, -0.15) is 13.2 Å². The van der Waals surface area contributed by atoms with E-state index in [4.69, 9.17) is 10.5 Å². The zero-order valence-corrected chi connectivity index (χ0v) is 18.2. The molecule has 2 unspecified atom stereocenters. The molecule has 1 aliphatic heterocycles. The quantitative estimate of drug-likeness (QED) is 0.542. The number of ether oxygens (including phenoxy) is 1. The molecule has 1 heterocycles. The lowest BCUT2D eigenvalue weighted by Crippen LogP contribution is -2.45. The maximum absolute atomic E-state index is 12.9. The summed E-state index contributed by atoms with van der Waals surface area (Å²) in [6.45, 7) is 0. The average Bonchev–Trinajstić information content (AvgIpc) is 2.92. The molecule has 3 rings (SSSR count). The molecule has 2 atom stereocenters. The van der Waals surface area contributed by atoms with Gasteiger partial charge in [0.05, 0.1) is 18.5 Å². The van der Waals surface area contributed by atoms with Crippen LogP contribution in [-0.4, -0.2) is 42.9 Å². The van der Waals surface area contributed by atoms with Gasteiger partial charge in [0, 0.05) is 29.9 Å². The summed E-state index contributed by atoms with van der Waals surface area (Å²) < 4.78 is 43.4. The zero-order valence-electron chi connectivity index (χ0n) is 18.2. The molecule has 4 N–H and O–H groups in total. The Morgan fingerprint density at radius 2 is 1.91 bits per heavy atom. The number of carbonyl (C=O) groups excluding carboxylic acids is 3. The zero-order chi connectivity index (χ0) is 24.9. The highest BCUT2D eigenvalue weighted by Gasteiger charge is 2.34. The number of primary amides is 1. The van der Waals surface area contributed by atoms with Crippen molar-refractivity contribution in [2.24, 2.45) is 16.6 Å². The van der Waals surface area contributed by atoms with Crippen molar-refractivity contribution < 1.29 is 32.3 Å². The smallest absolute Gasteiger partial charge is 0.389 e. The van der Waals surface area contributed by atoms with E-state index in [1.165, 1.54) is 7.11 Å². The van der Waals surface area contributed by atoms with Crippen LogP contribution < -0.4 is 21.1 Å². The van der Waals surface area contributed by atoms with Gasteiger partial charge in [0.15, 0.2) is 0 Å². The number of carbonyl (C=O) groups is 3. The molecule has 1 aliphatic rings. The molecule has 0 bridgehead atoms. The van der Waals surface area contributed by atoms with E-state index in [1.807, 2.05) is 0 Å². The molecule has 2 aromatic rings. The fourth-order valence-corrected chi connectivity index (χ4v) is 3.50. The van der Waals surface area contributed by atoms with Crippen LogP contribution in [0.15, 0.2) is 53.5 Å². The van der Waals surface area contributed by atoms with Crippen LogP contribution in [0, 0.1) is 5.92 Å². The number of hydrogen-bond acceptors (Lipinski definition) is 5. The van der Waals surface area contributed by atoms with Crippen LogP contribution in [0.5, 0.6) is 5.75 Å². The summed E-state index contributed by atoms with van der Waals surface area (Å²) in [5.74, 6) is -3.41. The van der Waals surface area contributed by atoms with Crippen molar-refractivity contribution in [3.63, 3.8) is 0 Å². The first kappa shape index (κ1) is 24.7. The highest BCUT2D eigenvalue weighted by molar-refractivity contribution is 6.20. The Balaban J connectivity index is 1.96. The van der Waals surface area contributed by atoms with Crippen LogP contribution >= 0.6 is 0 Å². The van der Waals surface area contributed by atoms with Crippen molar-refractivity contribution in [3.05, 3.63) is 59.7 Å². The van der Waals surface area contributed by atoms with Crippen LogP contribution in [-0.2, 0) is 14.4 Å². The lowest BCUT2D eigenvalue weighted by atomic mass is 9.97. The predicted molar refractivity (Wildman–Crippen MR) is 118 cm³/mol. The number of nitrogens with two attached hydrogens (primary N) is 1. The minimum absolute atomic E-state index is 0.361. The molecule has 34 heavy (non-hydrogen) atoms. The summed E-state index contributed by atoms with van der Waals surface area (Å²) in [5, 5.41) is 5.04. The molecular weight excluding hydrogens is 453 g/mol. The van der Waals surface area contributed by atoms with Gasteiger partial charge >= 0.3 is 6.18 Å². The van der Waals surface area contributed by atoms with Gasteiger partial charge in [0.1, 0.15) is 5.75 Å². The minimum Gasteiger partial charge on any atom is -0.497 e. The molecule has 8 nitrogen and oxygen atoms in total. The van der Waals surface area contributed by atoms with Crippen molar-refractivity contribution in [3.8, 4) is 5.75 Å². The van der Waals surface area contributed by atoms with Crippen LogP contribution in [0.4, 0.5) is 18.9 Å². The second kappa shape index (κ2) is 10.4. The second-order valence-electron chi connectivity index (χ2n) is 7.68. The molecule has 11 heteroatoms. The molecule has 180 valence electrons. The predicted octanol–water partition coefficient (Wildman–Crippen LogP) is 2.76. The van der Waals surface area contributed by atoms with Crippen molar-refractivity contribution in [1.29, 1.82) is 0 Å². The molecule has 0 spiro atoms. The first-order valence-corrected chi connectivity index (χ1v) is 10.4. The molecule has 0 radical (unpaired) electrons. The third-order valence-electron chi connectivity index (χ3n) is 5.17. The molecule has 3 amide bonds. The number of rotatable bonds is 8. The summed E-state index contributed by atoms with van der Waals surface area (Å²) in [7, 11) is 1.49. The van der Waals surface area contributed by atoms with E-state index in [-0.39, 0.29) is 0 Å². The summed E-state index contributed by atoms with van der Waals surface area (Å²) in [4.78, 5) is 41.4. The van der Waals surface area contributed by atoms with Crippen molar-refractivity contribution >= 4 is 29.1 Å². The van der Waals surface area contributed by atoms with Gasteiger partial charge in [-0.1, -0.05) is 30.3 Å². The number of benzodiazepines with no additional fused rings is 1. The number of nitrogens with one attached hydrogen (secondary N) is 2. The first-order valence-electron chi connectivity index (χ1n) is 10.4. The van der Waals surface area contributed by atoms with E-state index in [9.17, 15) is 27.6 Å². The summed E-state index contributed by atoms with van der Waals surface area (Å²) in [6, 6.07) is 13.8. The number of nitrogens with zero attached hydrogens (tertiary/aromatic N) is 1. The lowest BCUT2D eigenvalue weighted by molar-refractivity contribution is -0.143. The maximum atomic E-state index is 12.9. The Morgan fingerprint density at radius 1 is 1.21 bits per heavy atom. The SMILES string of the molecule is COc1ccc2c(c1)C(c1ccccc1)=NC(NC(=O)C(CCC(F)(F)F)CC(N)=O)C(=O)N2. The van der Waals surface area contributed by atoms with Crippen molar-refractivity contribution in [2.45, 2.75) is 31.6 Å². The molecule has 0 saturated carbocycles. The van der Waals surface area contributed by atoms with Crippen molar-refractivity contribution in [1.82, 2.24) is 5.32 Å². The summed E-state index contributed by atoms with van der Waals surface area (Å²) in [5.41, 5.74) is 7.06. The Hall–Kier alpha value is -3.89. The van der Waals surface area contributed by atoms with Gasteiger partial charge in [-0.25, -0.2) is 4.99 Å². The number of alkyl halides is 3. The summed E-state index contributed by atoms with van der Waals surface area (Å²) >= 11 is 0. The number of fused-ring (bicyclic) bond motifs is 1. The Kier molecular flexibility index (Phi) is 7.54. The molecule has 0 aromatic heterocycles. The highest BCUT2D eigenvalue weighted by Crippen LogP contribution is 2.29. The monoisotopic (exact) mass is 476 g/mol. The van der Waals surface area contributed by atoms with Crippen LogP contribution in [0.3, 0.4) is 0 Å². The largest absolute Gasteiger partial charge is 0.497 e. The number of aliphatic imine (C=N–C) groups is 1. The van der Waals surface area contributed by atoms with Gasteiger partial charge in [0.2, 0.25) is 18.0 Å². The highest BCUT2D eigenvalue weighted by atomic mass is 19.4. The molecule has 0 saturated heterocycles. The standard InChI is InChI=1S/C23H23F3N4O4/c1-34-15-7-8-17-16(12-15)19(13-5-3-2-4-6-13)29-20(22(33)28-17)30-21(32)14(11-18(27)31)9-10-23(24,25)26/h2-8,12,14,20H,9-11H2,1H3,(H2,27,31)(H,28,33)(H,30,32). The normalized spacial score (nSPS) is 16.4. The van der Waals surface area contributed by atoms with Gasteiger partial charge in [0.25, 0.3) is 5.91 Å². The van der Waals surface area contributed by atoms with E-state index < -0.39 is 55.2 Å². The Labute approximate surface area is 193 Å². The third kappa shape index (κ3) is 6.33. The fraction of sp³-hybridized carbons (Fsp3) is 0.304. The molecule has 2 aromatic carbocycles. The average molecular weight is 476 g/mol. The van der Waals surface area contributed by atoms with Gasteiger partial charge in [-0.3, -0.25) is 14.4 Å². The maximum Gasteiger partial charge on any atom is 0.389 e. The van der Waals surface area contributed by atoms with Crippen LogP contribution in [0.1, 0.15) is 30.4 Å². The second-order valence-corrected chi connectivity index (χ2v) is 7.68. The van der Waals surface area contributed by atoms with E-state index in [0.717, 1.165) is 0 Å². The number of anilines is 1. The number of halogens is 3. The molecule has 0 fully saturated rings. The molecule has 0 aliphatic carbocycles. The Bertz CT molecular complexity index is 1100. The lowest BCUT2D eigenvalue weighted by Gasteiger charge is -2.19. The van der Waals surface area contributed by atoms with Crippen LogP contribution in [0.2, 0.25) is 0 Å². The number of hydrogen-bond donors (Lipinski definition) is 3. The summed E-state index contributed by atoms with van der Waals surface area (Å²) in [6.07, 6.45) is -8.50. The minimum atomic E-state index is -4.52. The molecular formula is C23H23F3N4O4. The van der Waals surface area contributed by atoms with E-state index in [2.05, 4.69) is 15.6 Å². The van der Waals surface area contributed by atoms with Gasteiger partial charge in [-0.15, -0.1) is 0 Å². The fourth-order valence-electron chi connectivity index (χ4n) is 3.50.